The number of methoxy groups -OCH3 is 2. The van der Waals surface area contributed by atoms with E-state index in [4.69, 9.17) is 18.6 Å². The smallest absolute Gasteiger partial charge is 0.273 e. The molecule has 0 saturated carbocycles. The van der Waals surface area contributed by atoms with Gasteiger partial charge in [-0.1, -0.05) is 0 Å². The zero-order valence-electron chi connectivity index (χ0n) is 11.9. The monoisotopic (exact) mass is 284 g/mol. The number of oxazole rings is 1. The van der Waals surface area contributed by atoms with Gasteiger partial charge in [-0.2, -0.15) is 0 Å². The molecular formula is C13H20N2O5. The summed E-state index contributed by atoms with van der Waals surface area (Å²) in [5.41, 5.74) is 0.275. The predicted molar refractivity (Wildman–Crippen MR) is 69.5 cm³/mol. The fourth-order valence-corrected chi connectivity index (χ4v) is 2.33. The maximum atomic E-state index is 11.9. The molecule has 0 radical (unpaired) electrons. The van der Waals surface area contributed by atoms with Crippen LogP contribution in [0.15, 0.2) is 10.7 Å². The zero-order chi connectivity index (χ0) is 14.5. The van der Waals surface area contributed by atoms with Crippen molar-refractivity contribution in [2.24, 2.45) is 5.92 Å². The first-order chi connectivity index (χ1) is 9.65. The molecule has 7 nitrogen and oxygen atoms in total. The Bertz CT molecular complexity index is 448. The Hall–Kier alpha value is -1.44. The number of amides is 1. The third-order valence-corrected chi connectivity index (χ3v) is 3.40. The van der Waals surface area contributed by atoms with Crippen molar-refractivity contribution < 1.29 is 23.4 Å². The van der Waals surface area contributed by atoms with Crippen LogP contribution in [0.4, 0.5) is 0 Å². The summed E-state index contributed by atoms with van der Waals surface area (Å²) in [6, 6.07) is 0. The molecule has 1 aliphatic rings. The van der Waals surface area contributed by atoms with Gasteiger partial charge in [-0.05, 0) is 0 Å². The van der Waals surface area contributed by atoms with Crippen LogP contribution in [-0.2, 0) is 14.2 Å². The molecule has 3 atom stereocenters. The minimum atomic E-state index is -0.267. The van der Waals surface area contributed by atoms with Crippen molar-refractivity contribution in [2.75, 3.05) is 34.0 Å². The van der Waals surface area contributed by atoms with Crippen molar-refractivity contribution in [3.05, 3.63) is 17.8 Å². The first-order valence-corrected chi connectivity index (χ1v) is 6.49. The lowest BCUT2D eigenvalue weighted by molar-refractivity contribution is -0.145. The Morgan fingerprint density at radius 1 is 1.45 bits per heavy atom. The predicted octanol–water partition coefficient (Wildman–Crippen LogP) is 0.389. The molecule has 2 rings (SSSR count). The van der Waals surface area contributed by atoms with Crippen molar-refractivity contribution in [1.29, 1.82) is 0 Å². The number of carbonyl (C=O) groups excluding carboxylic acids is 1. The van der Waals surface area contributed by atoms with E-state index in [0.29, 0.717) is 25.6 Å². The van der Waals surface area contributed by atoms with Crippen molar-refractivity contribution in [3.8, 4) is 0 Å². The number of hydrogen-bond donors (Lipinski definition) is 1. The van der Waals surface area contributed by atoms with Crippen LogP contribution in [0.3, 0.4) is 0 Å². The SMILES string of the molecule is CO[C@H]1[C@H](CNC(=O)c2coc(C)n2)COC[C@H]1OC. The Balaban J connectivity index is 1.90. The van der Waals surface area contributed by atoms with Crippen LogP contribution < -0.4 is 5.32 Å². The number of rotatable bonds is 5. The molecule has 20 heavy (non-hydrogen) atoms. The average Bonchev–Trinajstić information content (AvgIpc) is 2.90. The summed E-state index contributed by atoms with van der Waals surface area (Å²) in [6.07, 6.45) is 1.12. The number of nitrogens with zero attached hydrogens (tertiary/aromatic N) is 1. The number of ether oxygens (including phenoxy) is 3. The van der Waals surface area contributed by atoms with Gasteiger partial charge in [0.15, 0.2) is 11.6 Å². The number of hydrogen-bond acceptors (Lipinski definition) is 6. The molecule has 0 bridgehead atoms. The molecular weight excluding hydrogens is 264 g/mol. The highest BCUT2D eigenvalue weighted by molar-refractivity contribution is 5.91. The zero-order valence-corrected chi connectivity index (χ0v) is 11.9. The quantitative estimate of drug-likeness (QED) is 0.842. The van der Waals surface area contributed by atoms with Gasteiger partial charge in [0.2, 0.25) is 0 Å². The molecule has 0 spiro atoms. The van der Waals surface area contributed by atoms with Crippen molar-refractivity contribution >= 4 is 5.91 Å². The molecule has 0 unspecified atom stereocenters. The Kier molecular flexibility index (Phi) is 5.11. The summed E-state index contributed by atoms with van der Waals surface area (Å²) < 4.78 is 21.3. The number of nitrogens with one attached hydrogen (secondary N) is 1. The molecule has 1 aliphatic heterocycles. The number of carbonyl (C=O) groups is 1. The van der Waals surface area contributed by atoms with Crippen LogP contribution in [-0.4, -0.2) is 57.1 Å². The highest BCUT2D eigenvalue weighted by Crippen LogP contribution is 2.19. The normalized spacial score (nSPS) is 26.4. The van der Waals surface area contributed by atoms with Gasteiger partial charge in [-0.15, -0.1) is 0 Å². The van der Waals surface area contributed by atoms with Crippen molar-refractivity contribution in [2.45, 2.75) is 19.1 Å². The minimum Gasteiger partial charge on any atom is -0.448 e. The van der Waals surface area contributed by atoms with E-state index in [0.717, 1.165) is 0 Å². The van der Waals surface area contributed by atoms with Crippen LogP contribution in [0, 0.1) is 12.8 Å². The fourth-order valence-electron chi connectivity index (χ4n) is 2.33. The standard InChI is InChI=1S/C13H20N2O5/c1-8-15-10(6-20-8)13(16)14-4-9-5-19-7-11(17-2)12(9)18-3/h6,9,11-12H,4-5,7H2,1-3H3,(H,14,16)/t9-,11-,12+/m1/s1. The molecule has 2 heterocycles. The average molecular weight is 284 g/mol. The van der Waals surface area contributed by atoms with Crippen molar-refractivity contribution in [1.82, 2.24) is 10.3 Å². The van der Waals surface area contributed by atoms with Crippen LogP contribution in [0.25, 0.3) is 0 Å². The van der Waals surface area contributed by atoms with Gasteiger partial charge in [0, 0.05) is 33.6 Å². The number of aryl methyl sites for hydroxylation is 1. The van der Waals surface area contributed by atoms with E-state index in [-0.39, 0.29) is 29.7 Å². The molecule has 0 aliphatic carbocycles. The van der Waals surface area contributed by atoms with Crippen molar-refractivity contribution in [3.63, 3.8) is 0 Å². The van der Waals surface area contributed by atoms with E-state index in [1.807, 2.05) is 0 Å². The third-order valence-electron chi connectivity index (χ3n) is 3.40. The van der Waals surface area contributed by atoms with Crippen LogP contribution in [0.1, 0.15) is 16.4 Å². The van der Waals surface area contributed by atoms with E-state index >= 15 is 0 Å². The largest absolute Gasteiger partial charge is 0.448 e. The summed E-state index contributed by atoms with van der Waals surface area (Å²) in [5, 5.41) is 2.81. The Morgan fingerprint density at radius 2 is 2.25 bits per heavy atom. The van der Waals surface area contributed by atoms with Gasteiger partial charge in [0.05, 0.1) is 19.3 Å². The lowest BCUT2D eigenvalue weighted by Gasteiger charge is -2.36. The number of aromatic nitrogens is 1. The summed E-state index contributed by atoms with van der Waals surface area (Å²) >= 11 is 0. The van der Waals surface area contributed by atoms with Crippen LogP contribution >= 0.6 is 0 Å². The van der Waals surface area contributed by atoms with E-state index in [9.17, 15) is 4.79 Å². The fraction of sp³-hybridized carbons (Fsp3) is 0.692. The third kappa shape index (κ3) is 3.36. The van der Waals surface area contributed by atoms with Gasteiger partial charge in [-0.3, -0.25) is 4.79 Å². The summed E-state index contributed by atoms with van der Waals surface area (Å²) in [7, 11) is 3.26. The van der Waals surface area contributed by atoms with Gasteiger partial charge < -0.3 is 23.9 Å². The summed E-state index contributed by atoms with van der Waals surface area (Å²) in [4.78, 5) is 15.9. The van der Waals surface area contributed by atoms with E-state index in [1.54, 1.807) is 21.1 Å². The lowest BCUT2D eigenvalue weighted by Crippen LogP contribution is -2.50. The molecule has 1 saturated heterocycles. The highest BCUT2D eigenvalue weighted by atomic mass is 16.6. The molecule has 1 amide bonds. The van der Waals surface area contributed by atoms with Gasteiger partial charge in [-0.25, -0.2) is 4.98 Å². The lowest BCUT2D eigenvalue weighted by atomic mass is 9.96. The molecule has 112 valence electrons. The maximum absolute atomic E-state index is 11.9. The topological polar surface area (TPSA) is 82.8 Å². The van der Waals surface area contributed by atoms with E-state index in [1.165, 1.54) is 6.26 Å². The molecule has 1 N–H and O–H groups in total. The van der Waals surface area contributed by atoms with E-state index < -0.39 is 0 Å². The second kappa shape index (κ2) is 6.83. The second-order valence-electron chi connectivity index (χ2n) is 4.73. The Morgan fingerprint density at radius 3 is 2.85 bits per heavy atom. The van der Waals surface area contributed by atoms with Gasteiger partial charge in [0.1, 0.15) is 12.4 Å². The molecule has 7 heteroatoms. The summed E-state index contributed by atoms with van der Waals surface area (Å²) in [5.74, 6) is 0.234. The minimum absolute atomic E-state index is 0.0376. The highest BCUT2D eigenvalue weighted by Gasteiger charge is 2.34. The van der Waals surface area contributed by atoms with Crippen LogP contribution in [0.5, 0.6) is 0 Å². The Labute approximate surface area is 117 Å². The molecule has 1 aromatic heterocycles. The molecule has 0 aromatic carbocycles. The summed E-state index contributed by atoms with van der Waals surface area (Å²) in [6.45, 7) is 3.15. The first-order valence-electron chi connectivity index (χ1n) is 6.49. The first kappa shape index (κ1) is 15.0. The maximum Gasteiger partial charge on any atom is 0.273 e. The second-order valence-corrected chi connectivity index (χ2v) is 4.73. The van der Waals surface area contributed by atoms with Gasteiger partial charge in [0.25, 0.3) is 5.91 Å². The van der Waals surface area contributed by atoms with Crippen LogP contribution in [0.2, 0.25) is 0 Å². The molecule has 1 aromatic rings. The molecule has 1 fully saturated rings. The van der Waals surface area contributed by atoms with E-state index in [2.05, 4.69) is 10.3 Å². The van der Waals surface area contributed by atoms with Gasteiger partial charge >= 0.3 is 0 Å².